The fraction of sp³-hybridized carbons (Fsp3) is 0.467. The fourth-order valence-corrected chi connectivity index (χ4v) is 2.22. The van der Waals surface area contributed by atoms with Gasteiger partial charge in [-0.3, -0.25) is 9.69 Å². The van der Waals surface area contributed by atoms with E-state index in [9.17, 15) is 9.59 Å². The molecule has 0 bridgehead atoms. The minimum atomic E-state index is -1.03. The summed E-state index contributed by atoms with van der Waals surface area (Å²) in [5, 5.41) is 11.7. The van der Waals surface area contributed by atoms with E-state index in [1.54, 1.807) is 12.1 Å². The number of hydrogen-bond acceptors (Lipinski definition) is 4. The van der Waals surface area contributed by atoms with Crippen molar-refractivity contribution >= 4 is 11.9 Å². The molecule has 0 radical (unpaired) electrons. The summed E-state index contributed by atoms with van der Waals surface area (Å²) < 4.78 is 5.27. The summed E-state index contributed by atoms with van der Waals surface area (Å²) in [6.07, 6.45) is 0.865. The Hall–Kier alpha value is -1.92. The third-order valence-corrected chi connectivity index (χ3v) is 3.41. The van der Waals surface area contributed by atoms with Gasteiger partial charge in [0.15, 0.2) is 0 Å². The lowest BCUT2D eigenvalue weighted by molar-refractivity contribution is 0.0374. The van der Waals surface area contributed by atoms with E-state index in [-0.39, 0.29) is 11.5 Å². The Bertz CT molecular complexity index is 498. The minimum absolute atomic E-state index is 0.121. The maximum atomic E-state index is 11.9. The zero-order valence-electron chi connectivity index (χ0n) is 11.9. The molecule has 0 aliphatic carbocycles. The van der Waals surface area contributed by atoms with Crippen molar-refractivity contribution in [3.63, 3.8) is 0 Å². The summed E-state index contributed by atoms with van der Waals surface area (Å²) in [6, 6.07) is 6.05. The maximum absolute atomic E-state index is 11.9. The van der Waals surface area contributed by atoms with Crippen molar-refractivity contribution in [3.8, 4) is 0 Å². The molecule has 1 aromatic rings. The van der Waals surface area contributed by atoms with Crippen molar-refractivity contribution in [2.24, 2.45) is 0 Å². The lowest BCUT2D eigenvalue weighted by Crippen LogP contribution is -2.38. The molecule has 6 nitrogen and oxygen atoms in total. The average molecular weight is 292 g/mol. The van der Waals surface area contributed by atoms with Gasteiger partial charge in [0.05, 0.1) is 18.8 Å². The molecule has 1 aromatic carbocycles. The summed E-state index contributed by atoms with van der Waals surface area (Å²) >= 11 is 0. The number of carboxylic acids is 1. The van der Waals surface area contributed by atoms with Crippen LogP contribution in [0.15, 0.2) is 24.3 Å². The first-order valence-corrected chi connectivity index (χ1v) is 7.08. The third-order valence-electron chi connectivity index (χ3n) is 3.41. The summed E-state index contributed by atoms with van der Waals surface area (Å²) in [7, 11) is 0. The summed E-state index contributed by atoms with van der Waals surface area (Å²) in [5.74, 6) is -1.27. The van der Waals surface area contributed by atoms with Crippen LogP contribution in [0.3, 0.4) is 0 Å². The molecule has 0 spiro atoms. The maximum Gasteiger partial charge on any atom is 0.335 e. The summed E-state index contributed by atoms with van der Waals surface area (Å²) in [6.45, 7) is 4.93. The van der Waals surface area contributed by atoms with Gasteiger partial charge in [-0.1, -0.05) is 6.07 Å². The molecule has 2 rings (SSSR count). The highest BCUT2D eigenvalue weighted by Crippen LogP contribution is 2.05. The number of nitrogens with one attached hydrogen (secondary N) is 1. The van der Waals surface area contributed by atoms with Crippen molar-refractivity contribution in [1.29, 1.82) is 0 Å². The second-order valence-corrected chi connectivity index (χ2v) is 4.95. The molecule has 21 heavy (non-hydrogen) atoms. The number of aromatic carboxylic acids is 1. The van der Waals surface area contributed by atoms with Crippen molar-refractivity contribution in [1.82, 2.24) is 10.2 Å². The first-order valence-electron chi connectivity index (χ1n) is 7.08. The normalized spacial score (nSPS) is 15.6. The van der Waals surface area contributed by atoms with Gasteiger partial charge in [0.1, 0.15) is 0 Å². The number of carboxylic acid groups (broad SMARTS) is 1. The molecule has 0 atom stereocenters. The summed E-state index contributed by atoms with van der Waals surface area (Å²) in [5.41, 5.74) is 0.497. The first-order chi connectivity index (χ1) is 10.2. The number of amides is 1. The largest absolute Gasteiger partial charge is 0.478 e. The van der Waals surface area contributed by atoms with Crippen LogP contribution >= 0.6 is 0 Å². The molecule has 0 unspecified atom stereocenters. The Kier molecular flexibility index (Phi) is 5.71. The number of rotatable bonds is 6. The molecule has 0 aromatic heterocycles. The third kappa shape index (κ3) is 4.84. The van der Waals surface area contributed by atoms with E-state index in [2.05, 4.69) is 10.2 Å². The van der Waals surface area contributed by atoms with Crippen LogP contribution < -0.4 is 5.32 Å². The van der Waals surface area contributed by atoms with E-state index in [0.29, 0.717) is 12.1 Å². The van der Waals surface area contributed by atoms with Crippen LogP contribution in [0, 0.1) is 0 Å². The number of carbonyl (C=O) groups excluding carboxylic acids is 1. The SMILES string of the molecule is O=C(O)c1cccc(C(=O)NCCCN2CCOCC2)c1. The lowest BCUT2D eigenvalue weighted by atomic mass is 10.1. The molecule has 1 heterocycles. The molecule has 114 valence electrons. The van der Waals surface area contributed by atoms with Crippen LogP contribution in [-0.2, 0) is 4.74 Å². The topological polar surface area (TPSA) is 78.9 Å². The van der Waals surface area contributed by atoms with Crippen LogP contribution in [0.5, 0.6) is 0 Å². The van der Waals surface area contributed by atoms with Gasteiger partial charge in [-0.05, 0) is 31.2 Å². The quantitative estimate of drug-likeness (QED) is 0.760. The number of morpholine rings is 1. The number of benzene rings is 1. The molecular formula is C15H20N2O4. The van der Waals surface area contributed by atoms with Gasteiger partial charge in [-0.2, -0.15) is 0 Å². The van der Waals surface area contributed by atoms with Crippen LogP contribution in [-0.4, -0.2) is 61.3 Å². The van der Waals surface area contributed by atoms with Crippen molar-refractivity contribution in [2.75, 3.05) is 39.4 Å². The van der Waals surface area contributed by atoms with E-state index in [4.69, 9.17) is 9.84 Å². The molecule has 2 N–H and O–H groups in total. The zero-order valence-corrected chi connectivity index (χ0v) is 11.9. The minimum Gasteiger partial charge on any atom is -0.478 e. The van der Waals surface area contributed by atoms with E-state index in [1.165, 1.54) is 12.1 Å². The molecule has 1 aliphatic rings. The van der Waals surface area contributed by atoms with Gasteiger partial charge < -0.3 is 15.2 Å². The molecule has 1 amide bonds. The molecule has 1 aliphatic heterocycles. The second kappa shape index (κ2) is 7.75. The van der Waals surface area contributed by atoms with Crippen molar-refractivity contribution in [3.05, 3.63) is 35.4 Å². The standard InChI is InChI=1S/C15H20N2O4/c18-14(12-3-1-4-13(11-12)15(19)20)16-5-2-6-17-7-9-21-10-8-17/h1,3-4,11H,2,5-10H2,(H,16,18)(H,19,20). The number of carbonyl (C=O) groups is 2. The van der Waals surface area contributed by atoms with Crippen LogP contribution in [0.2, 0.25) is 0 Å². The van der Waals surface area contributed by atoms with Gasteiger partial charge in [-0.15, -0.1) is 0 Å². The highest BCUT2D eigenvalue weighted by atomic mass is 16.5. The molecule has 1 fully saturated rings. The predicted octanol–water partition coefficient (Wildman–Crippen LogP) is 0.837. The Morgan fingerprint density at radius 3 is 2.67 bits per heavy atom. The van der Waals surface area contributed by atoms with Crippen molar-refractivity contribution < 1.29 is 19.4 Å². The van der Waals surface area contributed by atoms with Gasteiger partial charge in [-0.25, -0.2) is 4.79 Å². The molecule has 0 saturated carbocycles. The van der Waals surface area contributed by atoms with E-state index < -0.39 is 5.97 Å². The number of ether oxygens (including phenoxy) is 1. The lowest BCUT2D eigenvalue weighted by Gasteiger charge is -2.26. The average Bonchev–Trinajstić information content (AvgIpc) is 2.52. The zero-order chi connectivity index (χ0) is 15.1. The smallest absolute Gasteiger partial charge is 0.335 e. The van der Waals surface area contributed by atoms with Crippen LogP contribution in [0.25, 0.3) is 0 Å². The van der Waals surface area contributed by atoms with E-state index in [0.717, 1.165) is 39.3 Å². The van der Waals surface area contributed by atoms with Crippen LogP contribution in [0.4, 0.5) is 0 Å². The molecule has 6 heteroatoms. The number of nitrogens with zero attached hydrogens (tertiary/aromatic N) is 1. The van der Waals surface area contributed by atoms with Gasteiger partial charge >= 0.3 is 5.97 Å². The predicted molar refractivity (Wildman–Crippen MR) is 77.6 cm³/mol. The Morgan fingerprint density at radius 1 is 1.24 bits per heavy atom. The highest BCUT2D eigenvalue weighted by Gasteiger charge is 2.11. The van der Waals surface area contributed by atoms with Gasteiger partial charge in [0.2, 0.25) is 0 Å². The van der Waals surface area contributed by atoms with Crippen molar-refractivity contribution in [2.45, 2.75) is 6.42 Å². The van der Waals surface area contributed by atoms with Gasteiger partial charge in [0.25, 0.3) is 5.91 Å². The molecular weight excluding hydrogens is 272 g/mol. The first kappa shape index (κ1) is 15.5. The summed E-state index contributed by atoms with van der Waals surface area (Å²) in [4.78, 5) is 25.1. The van der Waals surface area contributed by atoms with Gasteiger partial charge in [0, 0.05) is 25.2 Å². The Morgan fingerprint density at radius 2 is 1.95 bits per heavy atom. The second-order valence-electron chi connectivity index (χ2n) is 4.95. The Labute approximate surface area is 123 Å². The van der Waals surface area contributed by atoms with E-state index >= 15 is 0 Å². The number of hydrogen-bond donors (Lipinski definition) is 2. The molecule has 1 saturated heterocycles. The monoisotopic (exact) mass is 292 g/mol. The van der Waals surface area contributed by atoms with Crippen LogP contribution in [0.1, 0.15) is 27.1 Å². The fourth-order valence-electron chi connectivity index (χ4n) is 2.22. The van der Waals surface area contributed by atoms with E-state index in [1.807, 2.05) is 0 Å². The highest BCUT2D eigenvalue weighted by molar-refractivity contribution is 5.97. The Balaban J connectivity index is 1.74.